The summed E-state index contributed by atoms with van der Waals surface area (Å²) in [5.74, 6) is 0.0132. The van der Waals surface area contributed by atoms with Crippen LogP contribution in [0.15, 0.2) is 0 Å². The number of amides is 1. The second kappa shape index (κ2) is 5.36. The maximum atomic E-state index is 11.7. The number of hydrogen-bond donors (Lipinski definition) is 0. The van der Waals surface area contributed by atoms with Crippen molar-refractivity contribution in [3.63, 3.8) is 0 Å². The molecule has 1 aliphatic rings. The lowest BCUT2D eigenvalue weighted by molar-refractivity contribution is -0.132. The van der Waals surface area contributed by atoms with Crippen LogP contribution in [0.3, 0.4) is 0 Å². The first-order valence-electron chi connectivity index (χ1n) is 5.48. The van der Waals surface area contributed by atoms with Gasteiger partial charge in [0.2, 0.25) is 5.91 Å². The maximum absolute atomic E-state index is 11.7. The minimum atomic E-state index is -2.96. The molecule has 94 valence electrons. The van der Waals surface area contributed by atoms with Crippen LogP contribution in [0.1, 0.15) is 26.7 Å². The minimum absolute atomic E-state index is 0.0459. The first-order chi connectivity index (χ1) is 7.41. The van der Waals surface area contributed by atoms with E-state index in [0.29, 0.717) is 6.42 Å². The summed E-state index contributed by atoms with van der Waals surface area (Å²) < 4.78 is 22.8. The van der Waals surface area contributed by atoms with Gasteiger partial charge in [-0.1, -0.05) is 6.92 Å². The summed E-state index contributed by atoms with van der Waals surface area (Å²) in [6.45, 7) is 3.90. The molecule has 0 spiro atoms. The highest BCUT2D eigenvalue weighted by atomic mass is 35.5. The lowest BCUT2D eigenvalue weighted by atomic mass is 10.1. The summed E-state index contributed by atoms with van der Waals surface area (Å²) in [6.07, 6.45) is 1.34. The molecule has 2 atom stereocenters. The molecule has 0 aromatic rings. The van der Waals surface area contributed by atoms with E-state index in [-0.39, 0.29) is 35.4 Å². The summed E-state index contributed by atoms with van der Waals surface area (Å²) in [5, 5.41) is 0. The summed E-state index contributed by atoms with van der Waals surface area (Å²) in [6, 6.07) is -0.143. The first kappa shape index (κ1) is 13.8. The van der Waals surface area contributed by atoms with Gasteiger partial charge in [-0.3, -0.25) is 4.79 Å². The monoisotopic (exact) mass is 267 g/mol. The molecule has 0 N–H and O–H groups in total. The van der Waals surface area contributed by atoms with Crippen LogP contribution in [-0.2, 0) is 14.6 Å². The van der Waals surface area contributed by atoms with Gasteiger partial charge in [-0.05, 0) is 19.8 Å². The summed E-state index contributed by atoms with van der Waals surface area (Å²) >= 11 is 5.56. The van der Waals surface area contributed by atoms with Gasteiger partial charge in [0.15, 0.2) is 9.84 Å². The minimum Gasteiger partial charge on any atom is -0.335 e. The van der Waals surface area contributed by atoms with Crippen LogP contribution in [-0.4, -0.2) is 48.7 Å². The van der Waals surface area contributed by atoms with Crippen molar-refractivity contribution in [3.8, 4) is 0 Å². The maximum Gasteiger partial charge on any atom is 0.238 e. The van der Waals surface area contributed by atoms with Crippen molar-refractivity contribution in [1.82, 2.24) is 4.90 Å². The number of carbonyl (C=O) groups is 1. The van der Waals surface area contributed by atoms with Crippen molar-refractivity contribution >= 4 is 27.3 Å². The molecule has 0 aliphatic carbocycles. The standard InChI is InChI=1S/C10H18ClNO3S/c1-3-8(2)12(10(13)6-11)9-4-5-16(14,15)7-9/h8-9H,3-7H2,1-2H3. The van der Waals surface area contributed by atoms with Crippen molar-refractivity contribution in [1.29, 1.82) is 0 Å². The molecule has 1 saturated heterocycles. The summed E-state index contributed by atoms with van der Waals surface area (Å²) in [5.41, 5.74) is 0. The molecule has 1 aliphatic heterocycles. The Morgan fingerprint density at radius 3 is 2.56 bits per heavy atom. The molecule has 1 amide bonds. The molecular weight excluding hydrogens is 250 g/mol. The van der Waals surface area contributed by atoms with Crippen molar-refractivity contribution in [2.24, 2.45) is 0 Å². The predicted octanol–water partition coefficient (Wildman–Crippen LogP) is 1.04. The molecule has 16 heavy (non-hydrogen) atoms. The van der Waals surface area contributed by atoms with E-state index < -0.39 is 9.84 Å². The number of rotatable bonds is 4. The molecule has 0 saturated carbocycles. The summed E-state index contributed by atoms with van der Waals surface area (Å²) in [7, 11) is -2.96. The van der Waals surface area contributed by atoms with E-state index in [0.717, 1.165) is 6.42 Å². The average molecular weight is 268 g/mol. The SMILES string of the molecule is CCC(C)N(C(=O)CCl)C1CCS(=O)(=O)C1. The third kappa shape index (κ3) is 3.10. The lowest BCUT2D eigenvalue weighted by Crippen LogP contribution is -2.47. The Labute approximate surface area is 102 Å². The van der Waals surface area contributed by atoms with Crippen LogP contribution in [0.5, 0.6) is 0 Å². The van der Waals surface area contributed by atoms with Crippen LogP contribution < -0.4 is 0 Å². The van der Waals surface area contributed by atoms with Gasteiger partial charge in [0.25, 0.3) is 0 Å². The number of alkyl halides is 1. The topological polar surface area (TPSA) is 54.5 Å². The van der Waals surface area contributed by atoms with E-state index in [1.54, 1.807) is 4.90 Å². The van der Waals surface area contributed by atoms with Gasteiger partial charge in [0.1, 0.15) is 5.88 Å². The van der Waals surface area contributed by atoms with Gasteiger partial charge in [-0.15, -0.1) is 11.6 Å². The number of nitrogens with zero attached hydrogens (tertiary/aromatic N) is 1. The summed E-state index contributed by atoms with van der Waals surface area (Å²) in [4.78, 5) is 13.4. The fraction of sp³-hybridized carbons (Fsp3) is 0.900. The highest BCUT2D eigenvalue weighted by Crippen LogP contribution is 2.21. The van der Waals surface area contributed by atoms with Gasteiger partial charge in [0.05, 0.1) is 11.5 Å². The van der Waals surface area contributed by atoms with E-state index in [4.69, 9.17) is 11.6 Å². The zero-order chi connectivity index (χ0) is 12.3. The Kier molecular flexibility index (Phi) is 4.62. The van der Waals surface area contributed by atoms with E-state index in [1.165, 1.54) is 0 Å². The molecule has 1 heterocycles. The van der Waals surface area contributed by atoms with E-state index in [2.05, 4.69) is 0 Å². The Bertz CT molecular complexity index is 355. The van der Waals surface area contributed by atoms with Gasteiger partial charge >= 0.3 is 0 Å². The van der Waals surface area contributed by atoms with Crippen LogP contribution in [0.2, 0.25) is 0 Å². The molecule has 0 bridgehead atoms. The zero-order valence-corrected chi connectivity index (χ0v) is 11.2. The molecule has 0 radical (unpaired) electrons. The third-order valence-electron chi connectivity index (χ3n) is 3.07. The molecule has 6 heteroatoms. The zero-order valence-electron chi connectivity index (χ0n) is 9.65. The normalized spacial score (nSPS) is 25.3. The van der Waals surface area contributed by atoms with Crippen molar-refractivity contribution in [2.75, 3.05) is 17.4 Å². The van der Waals surface area contributed by atoms with Gasteiger partial charge in [0, 0.05) is 12.1 Å². The van der Waals surface area contributed by atoms with Gasteiger partial charge in [-0.2, -0.15) is 0 Å². The predicted molar refractivity (Wildman–Crippen MR) is 64.4 cm³/mol. The largest absolute Gasteiger partial charge is 0.335 e. The van der Waals surface area contributed by atoms with E-state index in [1.807, 2.05) is 13.8 Å². The van der Waals surface area contributed by atoms with E-state index in [9.17, 15) is 13.2 Å². The van der Waals surface area contributed by atoms with Crippen molar-refractivity contribution in [2.45, 2.75) is 38.8 Å². The highest BCUT2D eigenvalue weighted by Gasteiger charge is 2.36. The molecule has 4 nitrogen and oxygen atoms in total. The Morgan fingerprint density at radius 1 is 1.56 bits per heavy atom. The van der Waals surface area contributed by atoms with Gasteiger partial charge < -0.3 is 4.90 Å². The number of halogens is 1. The Balaban J connectivity index is 2.82. The molecule has 2 unspecified atom stereocenters. The first-order valence-corrected chi connectivity index (χ1v) is 7.84. The lowest BCUT2D eigenvalue weighted by Gasteiger charge is -2.33. The van der Waals surface area contributed by atoms with Crippen LogP contribution >= 0.6 is 11.6 Å². The van der Waals surface area contributed by atoms with Crippen LogP contribution in [0.25, 0.3) is 0 Å². The fourth-order valence-corrected chi connectivity index (χ4v) is 3.92. The molecular formula is C10H18ClNO3S. The molecule has 1 fully saturated rings. The third-order valence-corrected chi connectivity index (χ3v) is 5.05. The van der Waals surface area contributed by atoms with Gasteiger partial charge in [-0.25, -0.2) is 8.42 Å². The highest BCUT2D eigenvalue weighted by molar-refractivity contribution is 7.91. The average Bonchev–Trinajstić information content (AvgIpc) is 2.58. The van der Waals surface area contributed by atoms with Crippen molar-refractivity contribution < 1.29 is 13.2 Å². The second-order valence-electron chi connectivity index (χ2n) is 4.25. The molecule has 0 aromatic heterocycles. The smallest absolute Gasteiger partial charge is 0.238 e. The number of hydrogen-bond acceptors (Lipinski definition) is 3. The van der Waals surface area contributed by atoms with Crippen LogP contribution in [0, 0.1) is 0 Å². The van der Waals surface area contributed by atoms with E-state index >= 15 is 0 Å². The Hall–Kier alpha value is -0.290. The molecule has 1 rings (SSSR count). The van der Waals surface area contributed by atoms with Crippen molar-refractivity contribution in [3.05, 3.63) is 0 Å². The Morgan fingerprint density at radius 2 is 2.19 bits per heavy atom. The number of sulfone groups is 1. The quantitative estimate of drug-likeness (QED) is 0.715. The molecule has 0 aromatic carbocycles. The fourth-order valence-electron chi connectivity index (χ4n) is 2.07. The van der Waals surface area contributed by atoms with Crippen LogP contribution in [0.4, 0.5) is 0 Å². The second-order valence-corrected chi connectivity index (χ2v) is 6.74. The number of carbonyl (C=O) groups excluding carboxylic acids is 1.